The molecule has 1 atom stereocenters. The molecule has 0 aromatic carbocycles. The molecule has 2 aliphatic rings. The summed E-state index contributed by atoms with van der Waals surface area (Å²) in [4.78, 5) is 11.9. The van der Waals surface area contributed by atoms with Crippen LogP contribution in [0.1, 0.15) is 32.6 Å². The number of hydrogen-bond acceptors (Lipinski definition) is 2. The van der Waals surface area contributed by atoms with Gasteiger partial charge in [0.05, 0.1) is 5.41 Å². The third-order valence-corrected chi connectivity index (χ3v) is 3.69. The van der Waals surface area contributed by atoms with E-state index >= 15 is 0 Å². The summed E-state index contributed by atoms with van der Waals surface area (Å²) >= 11 is 0. The van der Waals surface area contributed by atoms with Crippen LogP contribution < -0.4 is 10.6 Å². The highest BCUT2D eigenvalue weighted by Gasteiger charge is 2.36. The molecule has 1 amide bonds. The maximum absolute atomic E-state index is 11.9. The molecule has 14 heavy (non-hydrogen) atoms. The van der Waals surface area contributed by atoms with Gasteiger partial charge in [-0.3, -0.25) is 4.79 Å². The molecule has 3 heteroatoms. The van der Waals surface area contributed by atoms with Crippen LogP contribution in [0.4, 0.5) is 0 Å². The second-order valence-electron chi connectivity index (χ2n) is 4.99. The van der Waals surface area contributed by atoms with Crippen molar-refractivity contribution in [3.8, 4) is 0 Å². The van der Waals surface area contributed by atoms with Gasteiger partial charge in [-0.2, -0.15) is 0 Å². The third-order valence-electron chi connectivity index (χ3n) is 3.69. The first-order valence-electron chi connectivity index (χ1n) is 5.70. The summed E-state index contributed by atoms with van der Waals surface area (Å²) < 4.78 is 0. The Balaban J connectivity index is 1.76. The Morgan fingerprint density at radius 1 is 1.57 bits per heavy atom. The molecule has 0 bridgehead atoms. The van der Waals surface area contributed by atoms with Gasteiger partial charge in [0.1, 0.15) is 0 Å². The van der Waals surface area contributed by atoms with E-state index in [4.69, 9.17) is 0 Å². The Hall–Kier alpha value is -0.570. The summed E-state index contributed by atoms with van der Waals surface area (Å²) in [7, 11) is 0. The van der Waals surface area contributed by atoms with Gasteiger partial charge in [-0.15, -0.1) is 0 Å². The average molecular weight is 196 g/mol. The van der Waals surface area contributed by atoms with Gasteiger partial charge in [0.15, 0.2) is 0 Å². The number of nitrogens with one attached hydrogen (secondary N) is 2. The molecule has 1 saturated heterocycles. The zero-order valence-corrected chi connectivity index (χ0v) is 8.94. The van der Waals surface area contributed by atoms with Crippen LogP contribution in [0.3, 0.4) is 0 Å². The largest absolute Gasteiger partial charge is 0.355 e. The highest BCUT2D eigenvalue weighted by atomic mass is 16.2. The minimum atomic E-state index is -0.149. The van der Waals surface area contributed by atoms with Crippen LogP contribution in [0.15, 0.2) is 0 Å². The van der Waals surface area contributed by atoms with Crippen LogP contribution in [0.2, 0.25) is 0 Å². The van der Waals surface area contributed by atoms with Crippen molar-refractivity contribution in [3.63, 3.8) is 0 Å². The van der Waals surface area contributed by atoms with Crippen molar-refractivity contribution in [1.82, 2.24) is 10.6 Å². The Morgan fingerprint density at radius 3 is 2.86 bits per heavy atom. The van der Waals surface area contributed by atoms with Gasteiger partial charge in [-0.25, -0.2) is 0 Å². The van der Waals surface area contributed by atoms with Crippen LogP contribution in [0, 0.1) is 11.3 Å². The number of carbonyl (C=O) groups is 1. The van der Waals surface area contributed by atoms with Gasteiger partial charge in [0.2, 0.25) is 5.91 Å². The topological polar surface area (TPSA) is 41.1 Å². The molecule has 80 valence electrons. The van der Waals surface area contributed by atoms with E-state index in [1.807, 2.05) is 0 Å². The van der Waals surface area contributed by atoms with Crippen LogP contribution in [0.5, 0.6) is 0 Å². The minimum Gasteiger partial charge on any atom is -0.355 e. The zero-order valence-electron chi connectivity index (χ0n) is 8.94. The minimum absolute atomic E-state index is 0.149. The lowest BCUT2D eigenvalue weighted by molar-refractivity contribution is -0.129. The lowest BCUT2D eigenvalue weighted by Crippen LogP contribution is -2.43. The van der Waals surface area contributed by atoms with Crippen LogP contribution in [-0.4, -0.2) is 25.5 Å². The maximum atomic E-state index is 11.9. The first-order valence-corrected chi connectivity index (χ1v) is 5.70. The lowest BCUT2D eigenvalue weighted by atomic mass is 9.84. The predicted octanol–water partition coefficient (Wildman–Crippen LogP) is 0.902. The second-order valence-corrected chi connectivity index (χ2v) is 4.99. The molecule has 2 fully saturated rings. The molecule has 2 N–H and O–H groups in total. The van der Waals surface area contributed by atoms with Gasteiger partial charge in [-0.1, -0.05) is 6.42 Å². The number of amides is 1. The first kappa shape index (κ1) is 9.97. The predicted molar refractivity (Wildman–Crippen MR) is 55.9 cm³/mol. The van der Waals surface area contributed by atoms with Gasteiger partial charge in [0.25, 0.3) is 0 Å². The van der Waals surface area contributed by atoms with Crippen LogP contribution in [0.25, 0.3) is 0 Å². The Labute approximate surface area is 85.6 Å². The molecule has 0 aromatic rings. The molecule has 1 aliphatic heterocycles. The molecule has 1 heterocycles. The standard InChI is InChI=1S/C11H20N2O/c1-11(5-6-12-8-11)10(14)13-7-9-3-2-4-9/h9,12H,2-8H2,1H3,(H,13,14). The Kier molecular flexibility index (Phi) is 2.77. The van der Waals surface area contributed by atoms with E-state index in [1.165, 1.54) is 19.3 Å². The van der Waals surface area contributed by atoms with E-state index < -0.39 is 0 Å². The smallest absolute Gasteiger partial charge is 0.227 e. The first-order chi connectivity index (χ1) is 6.71. The van der Waals surface area contributed by atoms with Crippen molar-refractivity contribution < 1.29 is 4.79 Å². The van der Waals surface area contributed by atoms with E-state index in [0.717, 1.165) is 32.0 Å². The van der Waals surface area contributed by atoms with Crippen molar-refractivity contribution in [2.75, 3.05) is 19.6 Å². The van der Waals surface area contributed by atoms with Crippen LogP contribution in [-0.2, 0) is 4.79 Å². The molecule has 1 saturated carbocycles. The Bertz CT molecular complexity index is 217. The molecule has 0 aromatic heterocycles. The van der Waals surface area contributed by atoms with Gasteiger partial charge < -0.3 is 10.6 Å². The zero-order chi connectivity index (χ0) is 10.0. The van der Waals surface area contributed by atoms with Crippen molar-refractivity contribution in [1.29, 1.82) is 0 Å². The monoisotopic (exact) mass is 196 g/mol. The second kappa shape index (κ2) is 3.89. The van der Waals surface area contributed by atoms with Crippen LogP contribution >= 0.6 is 0 Å². The maximum Gasteiger partial charge on any atom is 0.227 e. The van der Waals surface area contributed by atoms with Crippen molar-refractivity contribution >= 4 is 5.91 Å². The molecular formula is C11H20N2O. The molecule has 0 radical (unpaired) electrons. The molecule has 0 spiro atoms. The quantitative estimate of drug-likeness (QED) is 0.704. The fourth-order valence-corrected chi connectivity index (χ4v) is 2.16. The van der Waals surface area contributed by atoms with E-state index in [2.05, 4.69) is 17.6 Å². The molecule has 2 rings (SSSR count). The summed E-state index contributed by atoms with van der Waals surface area (Å²) in [5, 5.41) is 6.34. The van der Waals surface area contributed by atoms with Crippen molar-refractivity contribution in [3.05, 3.63) is 0 Å². The molecule has 3 nitrogen and oxygen atoms in total. The van der Waals surface area contributed by atoms with E-state index in [9.17, 15) is 4.79 Å². The highest BCUT2D eigenvalue weighted by molar-refractivity contribution is 5.82. The summed E-state index contributed by atoms with van der Waals surface area (Å²) in [6, 6.07) is 0. The lowest BCUT2D eigenvalue weighted by Gasteiger charge is -2.28. The fourth-order valence-electron chi connectivity index (χ4n) is 2.16. The highest BCUT2D eigenvalue weighted by Crippen LogP contribution is 2.27. The third kappa shape index (κ3) is 1.92. The Morgan fingerprint density at radius 2 is 2.36 bits per heavy atom. The number of rotatable bonds is 3. The number of carbonyl (C=O) groups excluding carboxylic acids is 1. The molecule has 1 aliphatic carbocycles. The van der Waals surface area contributed by atoms with E-state index in [1.54, 1.807) is 0 Å². The van der Waals surface area contributed by atoms with Crippen molar-refractivity contribution in [2.24, 2.45) is 11.3 Å². The van der Waals surface area contributed by atoms with Gasteiger partial charge in [-0.05, 0) is 38.6 Å². The fraction of sp³-hybridized carbons (Fsp3) is 0.909. The van der Waals surface area contributed by atoms with E-state index in [0.29, 0.717) is 0 Å². The average Bonchev–Trinajstić information content (AvgIpc) is 2.50. The molecular weight excluding hydrogens is 176 g/mol. The summed E-state index contributed by atoms with van der Waals surface area (Å²) in [6.07, 6.45) is 4.92. The normalized spacial score (nSPS) is 32.6. The summed E-state index contributed by atoms with van der Waals surface area (Å²) in [5.74, 6) is 1.01. The number of hydrogen-bond donors (Lipinski definition) is 2. The summed E-state index contributed by atoms with van der Waals surface area (Å²) in [6.45, 7) is 4.77. The SMILES string of the molecule is CC1(C(=O)NCC2CCC2)CCNC1. The van der Waals surface area contributed by atoms with Gasteiger partial charge >= 0.3 is 0 Å². The van der Waals surface area contributed by atoms with E-state index in [-0.39, 0.29) is 11.3 Å². The van der Waals surface area contributed by atoms with Gasteiger partial charge in [0, 0.05) is 13.1 Å². The van der Waals surface area contributed by atoms with Crippen molar-refractivity contribution in [2.45, 2.75) is 32.6 Å². The molecule has 1 unspecified atom stereocenters. The summed E-state index contributed by atoms with van der Waals surface area (Å²) in [5.41, 5.74) is -0.149.